The van der Waals surface area contributed by atoms with Crippen LogP contribution < -0.4 is 5.73 Å². The van der Waals surface area contributed by atoms with E-state index in [1.54, 1.807) is 11.3 Å². The highest BCUT2D eigenvalue weighted by molar-refractivity contribution is 7.15. The predicted octanol–water partition coefficient (Wildman–Crippen LogP) is 2.74. The summed E-state index contributed by atoms with van der Waals surface area (Å²) in [7, 11) is 0. The summed E-state index contributed by atoms with van der Waals surface area (Å²) in [6.45, 7) is 6.37. The molecule has 1 fully saturated rings. The molecule has 0 saturated carbocycles. The zero-order valence-corrected chi connectivity index (χ0v) is 13.9. The molecule has 3 heterocycles. The van der Waals surface area contributed by atoms with Crippen LogP contribution >= 0.6 is 23.7 Å². The van der Waals surface area contributed by atoms with Crippen molar-refractivity contribution in [3.63, 3.8) is 0 Å². The highest BCUT2D eigenvalue weighted by Gasteiger charge is 2.23. The molecule has 5 nitrogen and oxygen atoms in total. The first-order valence-corrected chi connectivity index (χ1v) is 8.02. The molecule has 0 aromatic carbocycles. The molecular weight excluding hydrogens is 306 g/mol. The smallest absolute Gasteiger partial charge is 0.180 e. The number of hydrogen-bond acceptors (Lipinski definition) is 5. The van der Waals surface area contributed by atoms with E-state index in [1.807, 2.05) is 12.4 Å². The van der Waals surface area contributed by atoms with Gasteiger partial charge in [-0.15, -0.1) is 23.7 Å². The number of rotatable bonds is 4. The van der Waals surface area contributed by atoms with Crippen molar-refractivity contribution < 1.29 is 0 Å². The molecule has 0 unspecified atom stereocenters. The third-order valence-corrected chi connectivity index (χ3v) is 4.82. The van der Waals surface area contributed by atoms with Gasteiger partial charge in [-0.05, 0) is 38.9 Å². The molecule has 0 bridgehead atoms. The summed E-state index contributed by atoms with van der Waals surface area (Å²) in [5.74, 6) is 0.653. The van der Waals surface area contributed by atoms with Crippen LogP contribution in [0.5, 0.6) is 0 Å². The molecule has 1 aliphatic heterocycles. The third-order valence-electron chi connectivity index (χ3n) is 4.01. The van der Waals surface area contributed by atoms with Crippen LogP contribution in [0.2, 0.25) is 0 Å². The number of hydrogen-bond donors (Lipinski definition) is 1. The van der Waals surface area contributed by atoms with Gasteiger partial charge in [0.2, 0.25) is 0 Å². The number of aryl methyl sites for hydroxylation is 1. The van der Waals surface area contributed by atoms with Crippen molar-refractivity contribution in [2.75, 3.05) is 18.8 Å². The lowest BCUT2D eigenvalue weighted by atomic mass is 9.93. The Hall–Kier alpha value is -1.11. The van der Waals surface area contributed by atoms with Crippen molar-refractivity contribution in [2.24, 2.45) is 0 Å². The van der Waals surface area contributed by atoms with E-state index in [9.17, 15) is 0 Å². The van der Waals surface area contributed by atoms with Crippen molar-refractivity contribution in [1.82, 2.24) is 19.7 Å². The lowest BCUT2D eigenvalue weighted by molar-refractivity contribution is 0.202. The molecule has 7 heteroatoms. The Morgan fingerprint density at radius 1 is 1.38 bits per heavy atom. The molecule has 2 aromatic heterocycles. The van der Waals surface area contributed by atoms with Crippen LogP contribution in [-0.2, 0) is 13.1 Å². The fourth-order valence-electron chi connectivity index (χ4n) is 2.96. The second-order valence-corrected chi connectivity index (χ2v) is 6.43. The quantitative estimate of drug-likeness (QED) is 0.938. The van der Waals surface area contributed by atoms with Gasteiger partial charge in [0.15, 0.2) is 5.13 Å². The van der Waals surface area contributed by atoms with E-state index in [0.717, 1.165) is 26.2 Å². The van der Waals surface area contributed by atoms with Crippen LogP contribution in [0.15, 0.2) is 18.5 Å². The number of nitrogen functional groups attached to an aromatic ring is 1. The summed E-state index contributed by atoms with van der Waals surface area (Å²) in [6.07, 6.45) is 6.24. The molecule has 0 spiro atoms. The van der Waals surface area contributed by atoms with Gasteiger partial charge in [-0.3, -0.25) is 9.58 Å². The van der Waals surface area contributed by atoms with E-state index in [4.69, 9.17) is 5.73 Å². The fraction of sp³-hybridized carbons (Fsp3) is 0.571. The van der Waals surface area contributed by atoms with Crippen molar-refractivity contribution in [3.05, 3.63) is 29.0 Å². The van der Waals surface area contributed by atoms with Crippen LogP contribution in [0.3, 0.4) is 0 Å². The fourth-order valence-corrected chi connectivity index (χ4v) is 3.68. The number of halogens is 1. The van der Waals surface area contributed by atoms with Gasteiger partial charge >= 0.3 is 0 Å². The summed E-state index contributed by atoms with van der Waals surface area (Å²) in [5, 5.41) is 5.05. The highest BCUT2D eigenvalue weighted by Crippen LogP contribution is 2.29. The SMILES string of the molecule is CCn1nccc1C1CCN(Cc2cnc(N)s2)CC1.Cl. The molecule has 0 radical (unpaired) electrons. The molecule has 0 aliphatic carbocycles. The Labute approximate surface area is 135 Å². The Kier molecular flexibility index (Phi) is 5.61. The summed E-state index contributed by atoms with van der Waals surface area (Å²) >= 11 is 1.60. The van der Waals surface area contributed by atoms with Gasteiger partial charge in [0.25, 0.3) is 0 Å². The molecule has 116 valence electrons. The van der Waals surface area contributed by atoms with Crippen LogP contribution in [0.25, 0.3) is 0 Å². The number of likely N-dealkylation sites (tertiary alicyclic amines) is 1. The minimum absolute atomic E-state index is 0. The maximum Gasteiger partial charge on any atom is 0.180 e. The predicted molar refractivity (Wildman–Crippen MR) is 88.9 cm³/mol. The maximum absolute atomic E-state index is 5.68. The maximum atomic E-state index is 5.68. The first kappa shape index (κ1) is 16.3. The van der Waals surface area contributed by atoms with E-state index >= 15 is 0 Å². The standard InChI is InChI=1S/C14H21N5S.ClH/c1-2-19-13(3-6-17-19)11-4-7-18(8-5-11)10-12-9-16-14(15)20-12;/h3,6,9,11H,2,4-5,7-8,10H2,1H3,(H2,15,16);1H. The molecule has 21 heavy (non-hydrogen) atoms. The van der Waals surface area contributed by atoms with E-state index in [-0.39, 0.29) is 12.4 Å². The van der Waals surface area contributed by atoms with E-state index in [1.165, 1.54) is 23.4 Å². The number of anilines is 1. The lowest BCUT2D eigenvalue weighted by Gasteiger charge is -2.31. The van der Waals surface area contributed by atoms with Crippen LogP contribution in [0.4, 0.5) is 5.13 Å². The number of nitrogens with zero attached hydrogens (tertiary/aromatic N) is 4. The van der Waals surface area contributed by atoms with Gasteiger partial charge in [0, 0.05) is 42.0 Å². The highest BCUT2D eigenvalue weighted by atomic mass is 35.5. The van der Waals surface area contributed by atoms with Crippen molar-refractivity contribution in [2.45, 2.75) is 38.8 Å². The van der Waals surface area contributed by atoms with E-state index < -0.39 is 0 Å². The summed E-state index contributed by atoms with van der Waals surface area (Å²) in [6, 6.07) is 2.17. The molecule has 2 N–H and O–H groups in total. The Balaban J connectivity index is 0.00000161. The number of aromatic nitrogens is 3. The molecular formula is C14H22ClN5S. The Morgan fingerprint density at radius 3 is 2.76 bits per heavy atom. The minimum Gasteiger partial charge on any atom is -0.375 e. The van der Waals surface area contributed by atoms with Crippen LogP contribution in [0.1, 0.15) is 36.3 Å². The first-order chi connectivity index (χ1) is 9.76. The molecule has 2 aromatic rings. The monoisotopic (exact) mass is 327 g/mol. The number of thiazole rings is 1. The van der Waals surface area contributed by atoms with Crippen LogP contribution in [0, 0.1) is 0 Å². The first-order valence-electron chi connectivity index (χ1n) is 7.20. The van der Waals surface area contributed by atoms with Crippen molar-refractivity contribution >= 4 is 28.9 Å². The van der Waals surface area contributed by atoms with Crippen molar-refractivity contribution in [3.8, 4) is 0 Å². The summed E-state index contributed by atoms with van der Waals surface area (Å²) in [5.41, 5.74) is 7.08. The zero-order chi connectivity index (χ0) is 13.9. The number of nitrogens with two attached hydrogens (primary N) is 1. The Bertz CT molecular complexity index is 559. The molecule has 1 aliphatic rings. The topological polar surface area (TPSA) is 60.0 Å². The average Bonchev–Trinajstić information content (AvgIpc) is 3.08. The zero-order valence-electron chi connectivity index (χ0n) is 12.2. The second-order valence-electron chi connectivity index (χ2n) is 5.29. The normalized spacial score (nSPS) is 16.8. The van der Waals surface area contributed by atoms with Gasteiger partial charge in [-0.25, -0.2) is 4.98 Å². The van der Waals surface area contributed by atoms with Gasteiger partial charge in [0.1, 0.15) is 0 Å². The van der Waals surface area contributed by atoms with Crippen molar-refractivity contribution in [1.29, 1.82) is 0 Å². The minimum atomic E-state index is 0. The van der Waals surface area contributed by atoms with Gasteiger partial charge in [-0.1, -0.05) is 0 Å². The number of piperidine rings is 1. The van der Waals surface area contributed by atoms with Gasteiger partial charge in [-0.2, -0.15) is 5.10 Å². The lowest BCUT2D eigenvalue weighted by Crippen LogP contribution is -2.32. The summed E-state index contributed by atoms with van der Waals surface area (Å²) < 4.78 is 2.13. The third kappa shape index (κ3) is 3.75. The van der Waals surface area contributed by atoms with E-state index in [2.05, 4.69) is 32.7 Å². The second kappa shape index (κ2) is 7.24. The van der Waals surface area contributed by atoms with Gasteiger partial charge in [0.05, 0.1) is 0 Å². The van der Waals surface area contributed by atoms with Gasteiger partial charge < -0.3 is 5.73 Å². The average molecular weight is 328 g/mol. The van der Waals surface area contributed by atoms with Crippen LogP contribution in [-0.4, -0.2) is 32.8 Å². The molecule has 1 saturated heterocycles. The molecule has 0 atom stereocenters. The molecule has 3 rings (SSSR count). The van der Waals surface area contributed by atoms with E-state index in [0.29, 0.717) is 11.0 Å². The summed E-state index contributed by atoms with van der Waals surface area (Å²) in [4.78, 5) is 7.88. The Morgan fingerprint density at radius 2 is 2.14 bits per heavy atom. The largest absolute Gasteiger partial charge is 0.375 e. The molecule has 0 amide bonds.